The third-order valence-electron chi connectivity index (χ3n) is 4.93. The Balaban J connectivity index is 1.64. The largest absolute Gasteiger partial charge is 0.376 e. The number of nitrogens with zero attached hydrogens (tertiary/aromatic N) is 3. The molecule has 0 aliphatic carbocycles. The maximum absolute atomic E-state index is 13.1. The van der Waals surface area contributed by atoms with Crippen LogP contribution in [0.25, 0.3) is 6.08 Å². The molecule has 0 saturated carbocycles. The van der Waals surface area contributed by atoms with Crippen LogP contribution in [-0.4, -0.2) is 40.2 Å². The Kier molecular flexibility index (Phi) is 5.96. The fraction of sp³-hybridized carbons (Fsp3) is 0.273. The average Bonchev–Trinajstić information content (AvgIpc) is 3.33. The lowest BCUT2D eigenvalue weighted by molar-refractivity contribution is -0.384. The molecule has 30 heavy (non-hydrogen) atoms. The summed E-state index contributed by atoms with van der Waals surface area (Å²) in [6.07, 6.45) is 3.68. The standard InChI is InChI=1S/C22H21N3O4S/c1-15-4-2-5-17(12-15)23-22-24(14-19-6-3-11-29-19)21(26)20(30-22)13-16-7-9-18(10-8-16)25(27)28/h2,4-5,7-10,12-13,19H,3,6,11,14H2,1H3/b20-13+,23-22?. The lowest BCUT2D eigenvalue weighted by Gasteiger charge is -2.19. The number of aliphatic imine (C=N–C) groups is 1. The van der Waals surface area contributed by atoms with Crippen molar-refractivity contribution in [3.05, 3.63) is 74.7 Å². The van der Waals surface area contributed by atoms with Gasteiger partial charge in [-0.3, -0.25) is 19.8 Å². The second-order valence-corrected chi connectivity index (χ2v) is 8.25. The molecule has 1 atom stereocenters. The zero-order valence-electron chi connectivity index (χ0n) is 16.5. The highest BCUT2D eigenvalue weighted by Gasteiger charge is 2.35. The number of rotatable bonds is 5. The minimum absolute atomic E-state index is 0.0102. The van der Waals surface area contributed by atoms with E-state index in [1.807, 2.05) is 31.2 Å². The predicted octanol–water partition coefficient (Wildman–Crippen LogP) is 4.69. The van der Waals surface area contributed by atoms with Crippen molar-refractivity contribution in [1.82, 2.24) is 4.90 Å². The number of benzene rings is 2. The Morgan fingerprint density at radius 2 is 2.10 bits per heavy atom. The zero-order chi connectivity index (χ0) is 21.1. The highest BCUT2D eigenvalue weighted by molar-refractivity contribution is 8.18. The SMILES string of the molecule is Cc1cccc(N=C2S/C(=C/c3ccc([N+](=O)[O-])cc3)C(=O)N2CC2CCCO2)c1. The normalized spacial score (nSPS) is 21.7. The van der Waals surface area contributed by atoms with Crippen molar-refractivity contribution in [1.29, 1.82) is 0 Å². The molecule has 2 aliphatic heterocycles. The van der Waals surface area contributed by atoms with Gasteiger partial charge in [-0.2, -0.15) is 0 Å². The number of non-ortho nitro benzene ring substituents is 1. The molecule has 7 nitrogen and oxygen atoms in total. The van der Waals surface area contributed by atoms with Gasteiger partial charge in [-0.15, -0.1) is 0 Å². The predicted molar refractivity (Wildman–Crippen MR) is 118 cm³/mol. The summed E-state index contributed by atoms with van der Waals surface area (Å²) in [6, 6.07) is 14.0. The van der Waals surface area contributed by atoms with E-state index >= 15 is 0 Å². The molecule has 2 saturated heterocycles. The van der Waals surface area contributed by atoms with Crippen molar-refractivity contribution in [2.24, 2.45) is 4.99 Å². The molecule has 154 valence electrons. The van der Waals surface area contributed by atoms with Crippen molar-refractivity contribution >= 4 is 40.3 Å². The average molecular weight is 423 g/mol. The number of amides is 1. The monoisotopic (exact) mass is 423 g/mol. The number of carbonyl (C=O) groups excluding carboxylic acids is 1. The van der Waals surface area contributed by atoms with Crippen molar-refractivity contribution in [3.8, 4) is 0 Å². The maximum atomic E-state index is 13.1. The fourth-order valence-electron chi connectivity index (χ4n) is 3.40. The second kappa shape index (κ2) is 8.81. The van der Waals surface area contributed by atoms with E-state index in [1.165, 1.54) is 23.9 Å². The first-order valence-corrected chi connectivity index (χ1v) is 10.5. The van der Waals surface area contributed by atoms with E-state index in [2.05, 4.69) is 0 Å². The molecule has 0 aromatic heterocycles. The summed E-state index contributed by atoms with van der Waals surface area (Å²) < 4.78 is 5.73. The number of nitro groups is 1. The first-order chi connectivity index (χ1) is 14.5. The van der Waals surface area contributed by atoms with E-state index in [0.29, 0.717) is 16.6 Å². The molecule has 1 amide bonds. The molecular formula is C22H21N3O4S. The Morgan fingerprint density at radius 3 is 2.77 bits per heavy atom. The number of ether oxygens (including phenoxy) is 1. The van der Waals surface area contributed by atoms with Crippen LogP contribution in [0, 0.1) is 17.0 Å². The number of hydrogen-bond acceptors (Lipinski definition) is 6. The minimum Gasteiger partial charge on any atom is -0.376 e. The van der Waals surface area contributed by atoms with Crippen LogP contribution in [0.5, 0.6) is 0 Å². The molecule has 0 N–H and O–H groups in total. The molecule has 4 rings (SSSR count). The Bertz CT molecular complexity index is 1030. The number of amidine groups is 1. The van der Waals surface area contributed by atoms with Crippen LogP contribution in [0.4, 0.5) is 11.4 Å². The van der Waals surface area contributed by atoms with Gasteiger partial charge in [-0.05, 0) is 73.0 Å². The lowest BCUT2D eigenvalue weighted by Crippen LogP contribution is -2.36. The van der Waals surface area contributed by atoms with Gasteiger partial charge in [0.2, 0.25) is 0 Å². The maximum Gasteiger partial charge on any atom is 0.269 e. The first kappa shape index (κ1) is 20.3. The van der Waals surface area contributed by atoms with E-state index in [-0.39, 0.29) is 17.7 Å². The van der Waals surface area contributed by atoms with Gasteiger partial charge in [-0.25, -0.2) is 4.99 Å². The van der Waals surface area contributed by atoms with Gasteiger partial charge in [0.1, 0.15) is 0 Å². The van der Waals surface area contributed by atoms with Crippen LogP contribution < -0.4 is 0 Å². The number of aryl methyl sites for hydroxylation is 1. The van der Waals surface area contributed by atoms with E-state index < -0.39 is 4.92 Å². The van der Waals surface area contributed by atoms with Crippen LogP contribution in [0.15, 0.2) is 58.4 Å². The topological polar surface area (TPSA) is 85.0 Å². The highest BCUT2D eigenvalue weighted by atomic mass is 32.2. The van der Waals surface area contributed by atoms with Crippen molar-refractivity contribution in [3.63, 3.8) is 0 Å². The van der Waals surface area contributed by atoms with Crippen LogP contribution in [-0.2, 0) is 9.53 Å². The minimum atomic E-state index is -0.442. The van der Waals surface area contributed by atoms with Crippen LogP contribution in [0.3, 0.4) is 0 Å². The van der Waals surface area contributed by atoms with Gasteiger partial charge in [-0.1, -0.05) is 12.1 Å². The molecule has 2 heterocycles. The van der Waals surface area contributed by atoms with Crippen molar-refractivity contribution in [2.45, 2.75) is 25.9 Å². The molecule has 8 heteroatoms. The van der Waals surface area contributed by atoms with Crippen LogP contribution in [0.2, 0.25) is 0 Å². The Labute approximate surface area is 178 Å². The second-order valence-electron chi connectivity index (χ2n) is 7.24. The molecule has 2 aromatic carbocycles. The van der Waals surface area contributed by atoms with Crippen LogP contribution >= 0.6 is 11.8 Å². The summed E-state index contributed by atoms with van der Waals surface area (Å²) >= 11 is 1.31. The van der Waals surface area contributed by atoms with Gasteiger partial charge in [0, 0.05) is 18.7 Å². The molecule has 2 aromatic rings. The molecule has 2 aliphatic rings. The number of hydrogen-bond donors (Lipinski definition) is 0. The molecule has 2 fully saturated rings. The van der Waals surface area contributed by atoms with Gasteiger partial charge < -0.3 is 4.74 Å². The third-order valence-corrected chi connectivity index (χ3v) is 5.93. The van der Waals surface area contributed by atoms with Gasteiger partial charge in [0.05, 0.1) is 28.2 Å². The van der Waals surface area contributed by atoms with E-state index in [4.69, 9.17) is 9.73 Å². The van der Waals surface area contributed by atoms with Gasteiger partial charge in [0.15, 0.2) is 5.17 Å². The number of nitro benzene ring substituents is 1. The fourth-order valence-corrected chi connectivity index (χ4v) is 4.40. The molecular weight excluding hydrogens is 402 g/mol. The summed E-state index contributed by atoms with van der Waals surface area (Å²) in [7, 11) is 0. The van der Waals surface area contributed by atoms with Crippen LogP contribution in [0.1, 0.15) is 24.0 Å². The summed E-state index contributed by atoms with van der Waals surface area (Å²) in [4.78, 5) is 30.5. The van der Waals surface area contributed by atoms with Gasteiger partial charge >= 0.3 is 0 Å². The molecule has 0 bridgehead atoms. The lowest BCUT2D eigenvalue weighted by atomic mass is 10.2. The Morgan fingerprint density at radius 1 is 1.30 bits per heavy atom. The van der Waals surface area contributed by atoms with E-state index in [1.54, 1.807) is 23.1 Å². The smallest absolute Gasteiger partial charge is 0.269 e. The molecule has 1 unspecified atom stereocenters. The van der Waals surface area contributed by atoms with Gasteiger partial charge in [0.25, 0.3) is 11.6 Å². The highest BCUT2D eigenvalue weighted by Crippen LogP contribution is 2.35. The first-order valence-electron chi connectivity index (χ1n) is 9.72. The van der Waals surface area contributed by atoms with E-state index in [9.17, 15) is 14.9 Å². The van der Waals surface area contributed by atoms with Crippen molar-refractivity contribution < 1.29 is 14.5 Å². The summed E-state index contributed by atoms with van der Waals surface area (Å²) in [6.45, 7) is 3.18. The van der Waals surface area contributed by atoms with E-state index in [0.717, 1.165) is 36.3 Å². The molecule has 0 radical (unpaired) electrons. The quantitative estimate of drug-likeness (QED) is 0.396. The summed E-state index contributed by atoms with van der Waals surface area (Å²) in [5.74, 6) is -0.125. The third kappa shape index (κ3) is 4.60. The summed E-state index contributed by atoms with van der Waals surface area (Å²) in [5, 5.41) is 11.5. The summed E-state index contributed by atoms with van der Waals surface area (Å²) in [5.41, 5.74) is 2.63. The zero-order valence-corrected chi connectivity index (χ0v) is 17.3. The molecule has 0 spiro atoms. The number of carbonyl (C=O) groups is 1. The Hall–Kier alpha value is -2.97. The van der Waals surface area contributed by atoms with Crippen molar-refractivity contribution in [2.75, 3.05) is 13.2 Å². The number of thioether (sulfide) groups is 1.